The number of hydrogen-bond donors (Lipinski definition) is 3. The Hall–Kier alpha value is -1.94. The summed E-state index contributed by atoms with van der Waals surface area (Å²) in [5.41, 5.74) is 0. The standard InChI is InChI=1S/C77H150O17P2/c1-7-9-11-13-15-17-19-21-22-23-24-25-26-27-33-37-43-50-56-62-77(82)93-72(65-87-74(79)59-53-47-41-35-32-29-28-30-34-39-45-51-57-69(3)4)67-91-95(83,84)89-63-71(78)64-90-96(85,86)92-68-73(66-88-75(80)60-54-48-44-38-40-46-52-58-70(5)6)94-76(81)61-55-49-42-36-31-20-18-16-14-12-10-8-2/h69-73,78H,7-68H2,1-6H3,(H,83,84)(H,85,86)/t71-,72-,73-/m1/s1. The van der Waals surface area contributed by atoms with Crippen LogP contribution in [0.15, 0.2) is 0 Å². The van der Waals surface area contributed by atoms with E-state index in [9.17, 15) is 43.2 Å². The van der Waals surface area contributed by atoms with Gasteiger partial charge in [-0.2, -0.15) is 0 Å². The molecule has 0 spiro atoms. The van der Waals surface area contributed by atoms with Gasteiger partial charge in [0.05, 0.1) is 26.4 Å². The van der Waals surface area contributed by atoms with E-state index in [0.29, 0.717) is 31.6 Å². The molecule has 0 fully saturated rings. The molecule has 3 N–H and O–H groups in total. The van der Waals surface area contributed by atoms with Crippen LogP contribution in [0.25, 0.3) is 0 Å². The third-order valence-corrected chi connectivity index (χ3v) is 19.9. The number of phosphoric acid groups is 2. The molecule has 0 aromatic carbocycles. The van der Waals surface area contributed by atoms with Crippen LogP contribution in [-0.2, 0) is 65.4 Å². The van der Waals surface area contributed by atoms with Gasteiger partial charge in [-0.25, -0.2) is 9.13 Å². The van der Waals surface area contributed by atoms with E-state index >= 15 is 0 Å². The van der Waals surface area contributed by atoms with E-state index in [1.54, 1.807) is 0 Å². The lowest BCUT2D eigenvalue weighted by Gasteiger charge is -2.21. The summed E-state index contributed by atoms with van der Waals surface area (Å²) < 4.78 is 68.5. The number of unbranched alkanes of at least 4 members (excludes halogenated alkanes) is 46. The summed E-state index contributed by atoms with van der Waals surface area (Å²) in [6.07, 6.45) is 56.9. The molecule has 0 radical (unpaired) electrons. The molecule has 19 heteroatoms. The topological polar surface area (TPSA) is 237 Å². The van der Waals surface area contributed by atoms with Crippen molar-refractivity contribution in [1.29, 1.82) is 0 Å². The lowest BCUT2D eigenvalue weighted by atomic mass is 10.0. The fourth-order valence-corrected chi connectivity index (χ4v) is 13.4. The van der Waals surface area contributed by atoms with Crippen LogP contribution < -0.4 is 0 Å². The maximum Gasteiger partial charge on any atom is 0.472 e. The van der Waals surface area contributed by atoms with Gasteiger partial charge < -0.3 is 33.8 Å². The van der Waals surface area contributed by atoms with Crippen LogP contribution in [-0.4, -0.2) is 96.7 Å². The minimum absolute atomic E-state index is 0.107. The number of phosphoric ester groups is 2. The maximum atomic E-state index is 13.1. The number of aliphatic hydroxyl groups excluding tert-OH is 1. The molecule has 0 heterocycles. The number of rotatable bonds is 76. The molecule has 0 amide bonds. The van der Waals surface area contributed by atoms with Gasteiger partial charge in [0.15, 0.2) is 12.2 Å². The summed E-state index contributed by atoms with van der Waals surface area (Å²) in [7, 11) is -9.91. The molecule has 0 rings (SSSR count). The van der Waals surface area contributed by atoms with Crippen LogP contribution in [0.2, 0.25) is 0 Å². The fraction of sp³-hybridized carbons (Fsp3) is 0.948. The summed E-state index contributed by atoms with van der Waals surface area (Å²) >= 11 is 0. The van der Waals surface area contributed by atoms with Crippen molar-refractivity contribution in [3.63, 3.8) is 0 Å². The SMILES string of the molecule is CCCCCCCCCCCCCCCCCCCCCC(=O)O[C@H](COC(=O)CCCCCCCCCCCCCCC(C)C)COP(=O)(O)OC[C@@H](O)COP(=O)(O)OC[C@@H](COC(=O)CCCCCCCCCC(C)C)OC(=O)CCCCCCCCCCCCCC. The van der Waals surface area contributed by atoms with E-state index < -0.39 is 97.5 Å². The van der Waals surface area contributed by atoms with Crippen molar-refractivity contribution in [2.24, 2.45) is 11.8 Å². The molecule has 5 atom stereocenters. The molecule has 0 saturated carbocycles. The fourth-order valence-electron chi connectivity index (χ4n) is 11.8. The summed E-state index contributed by atoms with van der Waals surface area (Å²) in [4.78, 5) is 72.8. The minimum Gasteiger partial charge on any atom is -0.462 e. The molecule has 2 unspecified atom stereocenters. The molecule has 0 saturated heterocycles. The van der Waals surface area contributed by atoms with Crippen LogP contribution in [0.5, 0.6) is 0 Å². The molecule has 0 aromatic heterocycles. The van der Waals surface area contributed by atoms with E-state index in [4.69, 9.17) is 37.0 Å². The first-order chi connectivity index (χ1) is 46.4. The van der Waals surface area contributed by atoms with Gasteiger partial charge in [0.25, 0.3) is 0 Å². The first kappa shape index (κ1) is 94.1. The molecule has 0 aliphatic carbocycles. The second kappa shape index (κ2) is 68.8. The molecule has 0 aromatic rings. The predicted molar refractivity (Wildman–Crippen MR) is 391 cm³/mol. The minimum atomic E-state index is -4.96. The van der Waals surface area contributed by atoms with E-state index in [2.05, 4.69) is 41.5 Å². The van der Waals surface area contributed by atoms with E-state index in [-0.39, 0.29) is 25.7 Å². The van der Waals surface area contributed by atoms with Gasteiger partial charge in [0.2, 0.25) is 0 Å². The smallest absolute Gasteiger partial charge is 0.462 e. The van der Waals surface area contributed by atoms with Gasteiger partial charge in [0, 0.05) is 25.7 Å². The Bertz CT molecular complexity index is 1860. The van der Waals surface area contributed by atoms with E-state index in [1.165, 1.54) is 212 Å². The van der Waals surface area contributed by atoms with Crippen molar-refractivity contribution in [3.05, 3.63) is 0 Å². The molecule has 570 valence electrons. The highest BCUT2D eigenvalue weighted by molar-refractivity contribution is 7.47. The molecular weight excluding hydrogens is 1260 g/mol. The quantitative estimate of drug-likeness (QED) is 0.0222. The number of esters is 4. The van der Waals surface area contributed by atoms with E-state index in [1.807, 2.05) is 0 Å². The van der Waals surface area contributed by atoms with Gasteiger partial charge in [0.1, 0.15) is 19.3 Å². The van der Waals surface area contributed by atoms with Crippen molar-refractivity contribution in [2.45, 2.75) is 419 Å². The maximum absolute atomic E-state index is 13.1. The van der Waals surface area contributed by atoms with Crippen molar-refractivity contribution in [2.75, 3.05) is 39.6 Å². The zero-order chi connectivity index (χ0) is 70.7. The zero-order valence-electron chi connectivity index (χ0n) is 62.7. The van der Waals surface area contributed by atoms with Crippen LogP contribution >= 0.6 is 15.6 Å². The first-order valence-corrected chi connectivity index (χ1v) is 43.0. The Labute approximate surface area is 588 Å². The van der Waals surface area contributed by atoms with Crippen molar-refractivity contribution in [1.82, 2.24) is 0 Å². The molecule has 0 aliphatic rings. The lowest BCUT2D eigenvalue weighted by Crippen LogP contribution is -2.30. The summed E-state index contributed by atoms with van der Waals surface area (Å²) in [6, 6.07) is 0. The molecule has 0 aliphatic heterocycles. The molecule has 0 bridgehead atoms. The van der Waals surface area contributed by atoms with Gasteiger partial charge in [-0.15, -0.1) is 0 Å². The molecule has 96 heavy (non-hydrogen) atoms. The van der Waals surface area contributed by atoms with Crippen molar-refractivity contribution < 1.29 is 80.2 Å². The molecule has 17 nitrogen and oxygen atoms in total. The van der Waals surface area contributed by atoms with Crippen LogP contribution in [0.4, 0.5) is 0 Å². The van der Waals surface area contributed by atoms with Crippen LogP contribution in [0.1, 0.15) is 401 Å². The Morgan fingerprint density at radius 1 is 0.281 bits per heavy atom. The summed E-state index contributed by atoms with van der Waals surface area (Å²) in [5, 5.41) is 10.6. The van der Waals surface area contributed by atoms with E-state index in [0.717, 1.165) is 102 Å². The number of carbonyl (C=O) groups excluding carboxylic acids is 4. The molecular formula is C77H150O17P2. The van der Waals surface area contributed by atoms with Gasteiger partial charge in [-0.3, -0.25) is 37.3 Å². The van der Waals surface area contributed by atoms with Crippen molar-refractivity contribution in [3.8, 4) is 0 Å². The highest BCUT2D eigenvalue weighted by Gasteiger charge is 2.30. The Morgan fingerprint density at radius 3 is 0.708 bits per heavy atom. The first-order valence-electron chi connectivity index (χ1n) is 40.0. The van der Waals surface area contributed by atoms with Crippen molar-refractivity contribution >= 4 is 39.5 Å². The Balaban J connectivity index is 5.23. The van der Waals surface area contributed by atoms with Gasteiger partial charge >= 0.3 is 39.5 Å². The third kappa shape index (κ3) is 70.5. The Morgan fingerprint density at radius 2 is 0.479 bits per heavy atom. The predicted octanol–water partition coefficient (Wildman–Crippen LogP) is 22.7. The van der Waals surface area contributed by atoms with Gasteiger partial charge in [-0.05, 0) is 37.5 Å². The number of hydrogen-bond acceptors (Lipinski definition) is 15. The summed E-state index contributed by atoms with van der Waals surface area (Å²) in [5.74, 6) is -0.627. The monoisotopic (exact) mass is 1410 g/mol. The Kier molecular flexibility index (Phi) is 67.4. The van der Waals surface area contributed by atoms with Crippen LogP contribution in [0, 0.1) is 11.8 Å². The largest absolute Gasteiger partial charge is 0.472 e. The second-order valence-corrected chi connectivity index (χ2v) is 31.6. The number of carbonyl (C=O) groups is 4. The average Bonchev–Trinajstić information content (AvgIpc) is 1.20. The number of ether oxygens (including phenoxy) is 4. The zero-order valence-corrected chi connectivity index (χ0v) is 64.5. The second-order valence-electron chi connectivity index (χ2n) is 28.7. The average molecular weight is 1410 g/mol. The lowest BCUT2D eigenvalue weighted by molar-refractivity contribution is -0.161. The number of aliphatic hydroxyl groups is 1. The third-order valence-electron chi connectivity index (χ3n) is 18.0. The summed E-state index contributed by atoms with van der Waals surface area (Å²) in [6.45, 7) is 9.56. The normalized spacial score (nSPS) is 14.0. The highest BCUT2D eigenvalue weighted by atomic mass is 31.2. The van der Waals surface area contributed by atoms with Gasteiger partial charge in [-0.1, -0.05) is 350 Å². The highest BCUT2D eigenvalue weighted by Crippen LogP contribution is 2.45. The van der Waals surface area contributed by atoms with Crippen LogP contribution in [0.3, 0.4) is 0 Å².